The Morgan fingerprint density at radius 2 is 1.79 bits per heavy atom. The zero-order valence-electron chi connectivity index (χ0n) is 13.6. The van der Waals surface area contributed by atoms with Crippen molar-refractivity contribution in [2.75, 3.05) is 0 Å². The molecule has 24 heavy (non-hydrogen) atoms. The summed E-state index contributed by atoms with van der Waals surface area (Å²) in [6.45, 7) is 4.41. The molecule has 1 amide bonds. The largest absolute Gasteiger partial charge is 0.351 e. The third kappa shape index (κ3) is 4.19. The van der Waals surface area contributed by atoms with Gasteiger partial charge in [-0.25, -0.2) is 8.78 Å². The van der Waals surface area contributed by atoms with Crippen LogP contribution in [0.5, 0.6) is 0 Å². The lowest BCUT2D eigenvalue weighted by atomic mass is 10.2. The molecule has 3 aromatic rings. The summed E-state index contributed by atoms with van der Waals surface area (Å²) in [5.41, 5.74) is 1.82. The number of carbonyl (C=O) groups excluding carboxylic acids is 1. The topological polar surface area (TPSA) is 44.9 Å². The molecule has 3 rings (SSSR count). The summed E-state index contributed by atoms with van der Waals surface area (Å²) in [6.07, 6.45) is -2.52. The third-order valence-corrected chi connectivity index (χ3v) is 3.44. The molecule has 5 heteroatoms. The van der Waals surface area contributed by atoms with Gasteiger partial charge in [-0.15, -0.1) is 0 Å². The molecule has 0 fully saturated rings. The minimum absolute atomic E-state index is 0.0643. The number of alkyl halides is 2. The molecule has 2 N–H and O–H groups in total. The summed E-state index contributed by atoms with van der Waals surface area (Å²) in [7, 11) is 0. The van der Waals surface area contributed by atoms with Crippen molar-refractivity contribution in [3.05, 3.63) is 71.4 Å². The van der Waals surface area contributed by atoms with Crippen LogP contribution >= 0.6 is 0 Å². The number of amides is 1. The molecule has 0 aliphatic rings. The first-order chi connectivity index (χ1) is 11.6. The summed E-state index contributed by atoms with van der Waals surface area (Å²) in [5.74, 6) is -0.265. The molecule has 0 spiro atoms. The second kappa shape index (κ2) is 8.24. The lowest BCUT2D eigenvalue weighted by Gasteiger charge is -2.03. The Kier molecular flexibility index (Phi) is 6.07. The van der Waals surface area contributed by atoms with E-state index in [1.165, 1.54) is 12.1 Å². The molecule has 0 aliphatic heterocycles. The van der Waals surface area contributed by atoms with E-state index in [-0.39, 0.29) is 11.5 Å². The van der Waals surface area contributed by atoms with Crippen molar-refractivity contribution in [3.8, 4) is 0 Å². The number of benzene rings is 2. The summed E-state index contributed by atoms with van der Waals surface area (Å²) < 4.78 is 25.4. The van der Waals surface area contributed by atoms with E-state index >= 15 is 0 Å². The zero-order chi connectivity index (χ0) is 17.5. The first kappa shape index (κ1) is 17.7. The molecule has 126 valence electrons. The van der Waals surface area contributed by atoms with Gasteiger partial charge in [-0.3, -0.25) is 4.79 Å². The summed E-state index contributed by atoms with van der Waals surface area (Å²) >= 11 is 0. The lowest BCUT2D eigenvalue weighted by molar-refractivity contribution is 0.0946. The van der Waals surface area contributed by atoms with Crippen molar-refractivity contribution in [2.45, 2.75) is 26.8 Å². The number of H-pyrrole nitrogens is 1. The Labute approximate surface area is 139 Å². The predicted molar refractivity (Wildman–Crippen MR) is 92.2 cm³/mol. The molecule has 0 aliphatic carbocycles. The van der Waals surface area contributed by atoms with E-state index in [1.807, 2.05) is 44.2 Å². The average Bonchev–Trinajstić information content (AvgIpc) is 3.05. The average molecular weight is 330 g/mol. The monoisotopic (exact) mass is 330 g/mol. The van der Waals surface area contributed by atoms with Crippen LogP contribution in [0.2, 0.25) is 0 Å². The van der Waals surface area contributed by atoms with Crippen LogP contribution in [-0.2, 0) is 6.54 Å². The maximum Gasteiger partial charge on any atom is 0.267 e. The van der Waals surface area contributed by atoms with Crippen LogP contribution in [0.1, 0.15) is 41.9 Å². The Hall–Kier alpha value is -2.69. The van der Waals surface area contributed by atoms with Gasteiger partial charge in [0.05, 0.1) is 0 Å². The highest BCUT2D eigenvalue weighted by Crippen LogP contribution is 2.24. The SMILES string of the molecule is CC.O=C(NCc1ccccc1)c1cc2ccc(C(F)F)cc2[nH]1. The lowest BCUT2D eigenvalue weighted by Crippen LogP contribution is -2.22. The smallest absolute Gasteiger partial charge is 0.267 e. The van der Waals surface area contributed by atoms with E-state index in [4.69, 9.17) is 0 Å². The fraction of sp³-hybridized carbons (Fsp3) is 0.211. The number of hydrogen-bond donors (Lipinski definition) is 2. The van der Waals surface area contributed by atoms with E-state index in [2.05, 4.69) is 10.3 Å². The zero-order valence-corrected chi connectivity index (χ0v) is 13.6. The predicted octanol–water partition coefficient (Wildman–Crippen LogP) is 5.06. The fourth-order valence-corrected chi connectivity index (χ4v) is 2.28. The van der Waals surface area contributed by atoms with Gasteiger partial charge in [-0.2, -0.15) is 0 Å². The Balaban J connectivity index is 0.00000100. The molecular weight excluding hydrogens is 310 g/mol. The van der Waals surface area contributed by atoms with E-state index in [1.54, 1.807) is 12.1 Å². The van der Waals surface area contributed by atoms with E-state index in [9.17, 15) is 13.6 Å². The number of hydrogen-bond acceptors (Lipinski definition) is 1. The summed E-state index contributed by atoms with van der Waals surface area (Å²) in [6, 6.07) is 15.5. The minimum Gasteiger partial charge on any atom is -0.351 e. The van der Waals surface area contributed by atoms with Gasteiger partial charge in [0.25, 0.3) is 12.3 Å². The maximum atomic E-state index is 12.7. The first-order valence-electron chi connectivity index (χ1n) is 7.86. The van der Waals surface area contributed by atoms with Gasteiger partial charge in [-0.05, 0) is 17.7 Å². The van der Waals surface area contributed by atoms with Crippen LogP contribution < -0.4 is 5.32 Å². The highest BCUT2D eigenvalue weighted by atomic mass is 19.3. The van der Waals surface area contributed by atoms with Crippen molar-refractivity contribution in [3.63, 3.8) is 0 Å². The van der Waals surface area contributed by atoms with Crippen molar-refractivity contribution >= 4 is 16.8 Å². The molecule has 3 nitrogen and oxygen atoms in total. The number of fused-ring (bicyclic) bond motifs is 1. The second-order valence-corrected chi connectivity index (χ2v) is 5.00. The van der Waals surface area contributed by atoms with Crippen molar-refractivity contribution < 1.29 is 13.6 Å². The Morgan fingerprint density at radius 3 is 2.46 bits per heavy atom. The standard InChI is InChI=1S/C17H14F2N2O.C2H6/c18-16(19)13-7-6-12-8-15(21-14(12)9-13)17(22)20-10-11-4-2-1-3-5-11;1-2/h1-9,16,21H,10H2,(H,20,22);1-2H3. The Bertz CT molecular complexity index is 797. The highest BCUT2D eigenvalue weighted by Gasteiger charge is 2.12. The van der Waals surface area contributed by atoms with E-state index in [0.717, 1.165) is 10.9 Å². The van der Waals surface area contributed by atoms with E-state index in [0.29, 0.717) is 17.8 Å². The number of carbonyl (C=O) groups is 1. The quantitative estimate of drug-likeness (QED) is 0.690. The van der Waals surface area contributed by atoms with Crippen LogP contribution in [0.15, 0.2) is 54.6 Å². The van der Waals surface area contributed by atoms with Gasteiger partial charge >= 0.3 is 0 Å². The van der Waals surface area contributed by atoms with Gasteiger partial charge in [-0.1, -0.05) is 56.3 Å². The van der Waals surface area contributed by atoms with Gasteiger partial charge in [0.1, 0.15) is 5.69 Å². The number of aromatic amines is 1. The minimum atomic E-state index is -2.52. The van der Waals surface area contributed by atoms with Crippen molar-refractivity contribution in [2.24, 2.45) is 0 Å². The first-order valence-corrected chi connectivity index (χ1v) is 7.86. The van der Waals surface area contributed by atoms with Gasteiger partial charge in [0.2, 0.25) is 0 Å². The van der Waals surface area contributed by atoms with Crippen molar-refractivity contribution in [1.29, 1.82) is 0 Å². The molecule has 0 bridgehead atoms. The highest BCUT2D eigenvalue weighted by molar-refractivity contribution is 5.98. The molecule has 0 saturated heterocycles. The number of nitrogens with one attached hydrogen (secondary N) is 2. The number of halogens is 2. The normalized spacial score (nSPS) is 10.4. The molecular formula is C19H20F2N2O. The maximum absolute atomic E-state index is 12.7. The molecule has 1 heterocycles. The van der Waals surface area contributed by atoms with Gasteiger partial charge in [0.15, 0.2) is 0 Å². The summed E-state index contributed by atoms with van der Waals surface area (Å²) in [4.78, 5) is 15.0. The number of rotatable bonds is 4. The molecule has 0 atom stereocenters. The fourth-order valence-electron chi connectivity index (χ4n) is 2.28. The van der Waals surface area contributed by atoms with Gasteiger partial charge in [0, 0.05) is 23.0 Å². The molecule has 0 saturated carbocycles. The van der Waals surface area contributed by atoms with Gasteiger partial charge < -0.3 is 10.3 Å². The van der Waals surface area contributed by atoms with Crippen LogP contribution in [0, 0.1) is 0 Å². The number of aromatic nitrogens is 1. The van der Waals surface area contributed by atoms with Crippen LogP contribution in [0.25, 0.3) is 10.9 Å². The van der Waals surface area contributed by atoms with E-state index < -0.39 is 6.43 Å². The van der Waals surface area contributed by atoms with Crippen LogP contribution in [0.3, 0.4) is 0 Å². The molecule has 0 radical (unpaired) electrons. The second-order valence-electron chi connectivity index (χ2n) is 5.00. The molecule has 0 unspecified atom stereocenters. The van der Waals surface area contributed by atoms with Crippen LogP contribution in [0.4, 0.5) is 8.78 Å². The third-order valence-electron chi connectivity index (χ3n) is 3.44. The Morgan fingerprint density at radius 1 is 1.08 bits per heavy atom. The van der Waals surface area contributed by atoms with Crippen LogP contribution in [-0.4, -0.2) is 10.9 Å². The summed E-state index contributed by atoms with van der Waals surface area (Å²) in [5, 5.41) is 3.53. The van der Waals surface area contributed by atoms with Crippen molar-refractivity contribution in [1.82, 2.24) is 10.3 Å². The molecule has 1 aromatic heterocycles. The molecule has 2 aromatic carbocycles.